The minimum atomic E-state index is -0.467. The molecule has 2 heterocycles. The van der Waals surface area contributed by atoms with Crippen LogP contribution in [0.5, 0.6) is 0 Å². The Bertz CT molecular complexity index is 1220. The van der Waals surface area contributed by atoms with Crippen molar-refractivity contribution in [2.24, 2.45) is 5.92 Å². The summed E-state index contributed by atoms with van der Waals surface area (Å²) in [6.07, 6.45) is 1.96. The predicted octanol–water partition coefficient (Wildman–Crippen LogP) is 4.26. The highest BCUT2D eigenvalue weighted by Gasteiger charge is 2.29. The lowest BCUT2D eigenvalue weighted by molar-refractivity contribution is -0.117. The SMILES string of the molecule is O=C(Nc1cccc(-c2nc(-c3ccc4[nH]c(=O)oc4c3)cs2)c1)C1CC1. The lowest BCUT2D eigenvalue weighted by Crippen LogP contribution is -2.13. The number of aromatic amines is 1. The molecule has 134 valence electrons. The van der Waals surface area contributed by atoms with Gasteiger partial charge in [0, 0.05) is 28.1 Å². The molecule has 1 aliphatic carbocycles. The standard InChI is InChI=1S/C20H15N3O3S/c24-18(11-4-5-11)21-14-3-1-2-13(8-14)19-22-16(10-27-19)12-6-7-15-17(9-12)26-20(25)23-15/h1-3,6-11H,4-5H2,(H,21,24)(H,23,25). The molecule has 0 saturated heterocycles. The summed E-state index contributed by atoms with van der Waals surface area (Å²) in [7, 11) is 0. The van der Waals surface area contributed by atoms with Crippen molar-refractivity contribution in [1.82, 2.24) is 9.97 Å². The number of H-pyrrole nitrogens is 1. The van der Waals surface area contributed by atoms with Gasteiger partial charge in [-0.1, -0.05) is 18.2 Å². The Morgan fingerprint density at radius 2 is 2.07 bits per heavy atom. The number of hydrogen-bond donors (Lipinski definition) is 2. The van der Waals surface area contributed by atoms with E-state index in [4.69, 9.17) is 9.40 Å². The molecular formula is C20H15N3O3S. The molecule has 0 radical (unpaired) electrons. The summed E-state index contributed by atoms with van der Waals surface area (Å²) >= 11 is 1.53. The third kappa shape index (κ3) is 3.17. The smallest absolute Gasteiger partial charge is 0.408 e. The van der Waals surface area contributed by atoms with Crippen molar-refractivity contribution in [1.29, 1.82) is 0 Å². The monoisotopic (exact) mass is 377 g/mol. The van der Waals surface area contributed by atoms with Crippen LogP contribution in [0.1, 0.15) is 12.8 Å². The van der Waals surface area contributed by atoms with Crippen LogP contribution in [0.3, 0.4) is 0 Å². The Morgan fingerprint density at radius 3 is 2.93 bits per heavy atom. The van der Waals surface area contributed by atoms with Crippen molar-refractivity contribution in [3.8, 4) is 21.8 Å². The number of fused-ring (bicyclic) bond motifs is 1. The number of aromatic nitrogens is 2. The highest BCUT2D eigenvalue weighted by Crippen LogP contribution is 2.33. The van der Waals surface area contributed by atoms with Crippen LogP contribution in [-0.2, 0) is 4.79 Å². The van der Waals surface area contributed by atoms with Crippen LogP contribution in [0.4, 0.5) is 5.69 Å². The molecule has 0 spiro atoms. The first kappa shape index (κ1) is 16.0. The highest BCUT2D eigenvalue weighted by atomic mass is 32.1. The van der Waals surface area contributed by atoms with Crippen molar-refractivity contribution in [3.05, 3.63) is 58.4 Å². The van der Waals surface area contributed by atoms with Gasteiger partial charge in [-0.3, -0.25) is 9.78 Å². The molecule has 2 aromatic heterocycles. The summed E-state index contributed by atoms with van der Waals surface area (Å²) in [6, 6.07) is 13.2. The number of thiazole rings is 1. The Morgan fingerprint density at radius 1 is 1.19 bits per heavy atom. The Kier molecular flexibility index (Phi) is 3.68. The molecule has 0 atom stereocenters. The number of carbonyl (C=O) groups is 1. The first-order valence-electron chi connectivity index (χ1n) is 8.66. The summed E-state index contributed by atoms with van der Waals surface area (Å²) in [6.45, 7) is 0. The molecule has 4 aromatic rings. The van der Waals surface area contributed by atoms with Gasteiger partial charge in [-0.05, 0) is 37.1 Å². The first-order valence-corrected chi connectivity index (χ1v) is 9.54. The fraction of sp³-hybridized carbons (Fsp3) is 0.150. The summed E-state index contributed by atoms with van der Waals surface area (Å²) in [4.78, 5) is 30.6. The maximum Gasteiger partial charge on any atom is 0.417 e. The third-order valence-corrected chi connectivity index (χ3v) is 5.44. The molecule has 0 bridgehead atoms. The number of amides is 1. The molecule has 0 unspecified atom stereocenters. The molecule has 7 heteroatoms. The van der Waals surface area contributed by atoms with E-state index in [2.05, 4.69) is 10.3 Å². The molecule has 1 saturated carbocycles. The lowest BCUT2D eigenvalue weighted by Gasteiger charge is -2.05. The molecule has 0 aliphatic heterocycles. The van der Waals surface area contributed by atoms with Gasteiger partial charge in [0.25, 0.3) is 0 Å². The molecule has 27 heavy (non-hydrogen) atoms. The van der Waals surface area contributed by atoms with Crippen LogP contribution in [0, 0.1) is 5.92 Å². The number of oxazole rings is 1. The second kappa shape index (κ2) is 6.21. The Hall–Kier alpha value is -3.19. The van der Waals surface area contributed by atoms with E-state index in [1.165, 1.54) is 11.3 Å². The first-order chi connectivity index (χ1) is 13.2. The van der Waals surface area contributed by atoms with Gasteiger partial charge in [0.05, 0.1) is 11.2 Å². The summed E-state index contributed by atoms with van der Waals surface area (Å²) in [5.41, 5.74) is 4.61. The van der Waals surface area contributed by atoms with Gasteiger partial charge >= 0.3 is 5.76 Å². The maximum atomic E-state index is 12.0. The van der Waals surface area contributed by atoms with Gasteiger partial charge in [0.1, 0.15) is 5.01 Å². The van der Waals surface area contributed by atoms with E-state index in [1.807, 2.05) is 41.8 Å². The van der Waals surface area contributed by atoms with Gasteiger partial charge < -0.3 is 9.73 Å². The average molecular weight is 377 g/mol. The van der Waals surface area contributed by atoms with Crippen LogP contribution in [0.2, 0.25) is 0 Å². The van der Waals surface area contributed by atoms with Crippen molar-refractivity contribution < 1.29 is 9.21 Å². The van der Waals surface area contributed by atoms with Crippen molar-refractivity contribution in [3.63, 3.8) is 0 Å². The van der Waals surface area contributed by atoms with E-state index in [1.54, 1.807) is 6.07 Å². The molecule has 2 N–H and O–H groups in total. The van der Waals surface area contributed by atoms with E-state index in [-0.39, 0.29) is 11.8 Å². The van der Waals surface area contributed by atoms with Crippen LogP contribution in [-0.4, -0.2) is 15.9 Å². The molecule has 6 nitrogen and oxygen atoms in total. The Labute approximate surface area is 157 Å². The normalized spacial score (nSPS) is 13.8. The zero-order chi connectivity index (χ0) is 18.4. The average Bonchev–Trinajstić information content (AvgIpc) is 3.28. The zero-order valence-corrected chi connectivity index (χ0v) is 15.0. The van der Waals surface area contributed by atoms with Crippen molar-refractivity contribution in [2.45, 2.75) is 12.8 Å². The van der Waals surface area contributed by atoms with E-state index < -0.39 is 5.76 Å². The van der Waals surface area contributed by atoms with Crippen LogP contribution in [0.15, 0.2) is 57.1 Å². The summed E-state index contributed by atoms with van der Waals surface area (Å²) in [5, 5.41) is 5.80. The molecule has 1 fully saturated rings. The number of benzene rings is 2. The summed E-state index contributed by atoms with van der Waals surface area (Å²) < 4.78 is 5.12. The number of carbonyl (C=O) groups excluding carboxylic acids is 1. The van der Waals surface area contributed by atoms with Gasteiger partial charge in [-0.2, -0.15) is 0 Å². The molecule has 1 amide bonds. The van der Waals surface area contributed by atoms with E-state index in [0.717, 1.165) is 40.4 Å². The van der Waals surface area contributed by atoms with Gasteiger partial charge in [-0.15, -0.1) is 11.3 Å². The van der Waals surface area contributed by atoms with Crippen LogP contribution < -0.4 is 11.1 Å². The second-order valence-electron chi connectivity index (χ2n) is 6.61. The molecule has 1 aliphatic rings. The quantitative estimate of drug-likeness (QED) is 0.556. The minimum Gasteiger partial charge on any atom is -0.408 e. The van der Waals surface area contributed by atoms with Crippen LogP contribution in [0.25, 0.3) is 32.9 Å². The largest absolute Gasteiger partial charge is 0.417 e. The fourth-order valence-electron chi connectivity index (χ4n) is 2.96. The van der Waals surface area contributed by atoms with Gasteiger partial charge in [0.2, 0.25) is 5.91 Å². The number of nitrogens with zero attached hydrogens (tertiary/aromatic N) is 1. The zero-order valence-electron chi connectivity index (χ0n) is 14.2. The number of anilines is 1. The number of rotatable bonds is 4. The van der Waals surface area contributed by atoms with Crippen molar-refractivity contribution in [2.75, 3.05) is 5.32 Å². The topological polar surface area (TPSA) is 88.0 Å². The molecule has 2 aromatic carbocycles. The van der Waals surface area contributed by atoms with Crippen LogP contribution >= 0.6 is 11.3 Å². The van der Waals surface area contributed by atoms with E-state index >= 15 is 0 Å². The fourth-order valence-corrected chi connectivity index (χ4v) is 3.79. The third-order valence-electron chi connectivity index (χ3n) is 4.55. The lowest BCUT2D eigenvalue weighted by atomic mass is 10.1. The molecular weight excluding hydrogens is 362 g/mol. The number of nitrogens with one attached hydrogen (secondary N) is 2. The maximum absolute atomic E-state index is 12.0. The summed E-state index contributed by atoms with van der Waals surface area (Å²) in [5.74, 6) is -0.206. The van der Waals surface area contributed by atoms with Gasteiger partial charge in [-0.25, -0.2) is 9.78 Å². The van der Waals surface area contributed by atoms with Gasteiger partial charge in [0.15, 0.2) is 5.58 Å². The van der Waals surface area contributed by atoms with E-state index in [0.29, 0.717) is 11.1 Å². The van der Waals surface area contributed by atoms with E-state index in [9.17, 15) is 9.59 Å². The minimum absolute atomic E-state index is 0.0910. The number of hydrogen-bond acceptors (Lipinski definition) is 5. The highest BCUT2D eigenvalue weighted by molar-refractivity contribution is 7.13. The Balaban J connectivity index is 1.44. The van der Waals surface area contributed by atoms with Crippen molar-refractivity contribution >= 4 is 34.0 Å². The predicted molar refractivity (Wildman–Crippen MR) is 105 cm³/mol. The second-order valence-corrected chi connectivity index (χ2v) is 7.47. The molecule has 5 rings (SSSR count).